The Morgan fingerprint density at radius 3 is 2.25 bits per heavy atom. The Kier molecular flexibility index (Phi) is 4.54. The fourth-order valence-corrected chi connectivity index (χ4v) is 1.34. The molecule has 1 rings (SSSR count). The minimum absolute atomic E-state index is 0.214. The van der Waals surface area contributed by atoms with Gasteiger partial charge in [0.1, 0.15) is 5.76 Å². The lowest BCUT2D eigenvalue weighted by Gasteiger charge is -2.04. The van der Waals surface area contributed by atoms with Gasteiger partial charge < -0.3 is 15.3 Å². The van der Waals surface area contributed by atoms with Crippen molar-refractivity contribution < 1.29 is 20.1 Å². The average molecular weight is 222 g/mol. The number of carboxylic acid groups (broad SMARTS) is 1. The molecule has 16 heavy (non-hydrogen) atoms. The maximum atomic E-state index is 10.6. The van der Waals surface area contributed by atoms with E-state index in [1.165, 1.54) is 0 Å². The molecule has 0 aliphatic carbocycles. The summed E-state index contributed by atoms with van der Waals surface area (Å²) >= 11 is 0. The molecule has 0 spiro atoms. The largest absolute Gasteiger partial charge is 0.512 e. The molecule has 0 aromatic heterocycles. The number of rotatable bonds is 5. The Labute approximate surface area is 93.5 Å². The number of carboxylic acids is 1. The molecule has 0 bridgehead atoms. The van der Waals surface area contributed by atoms with Crippen molar-refractivity contribution >= 4 is 5.97 Å². The smallest absolute Gasteiger partial charge is 0.337 e. The molecule has 0 atom stereocenters. The zero-order valence-corrected chi connectivity index (χ0v) is 8.76. The van der Waals surface area contributed by atoms with Gasteiger partial charge in [-0.1, -0.05) is 30.3 Å². The van der Waals surface area contributed by atoms with E-state index in [9.17, 15) is 9.90 Å². The number of aliphatic hydroxyl groups excluding tert-OH is 2. The Hall–Kier alpha value is -1.81. The van der Waals surface area contributed by atoms with Gasteiger partial charge in [0.05, 0.1) is 12.2 Å². The van der Waals surface area contributed by atoms with E-state index < -0.39 is 12.6 Å². The number of aliphatic carboxylic acids is 1. The number of hydrogen-bond donors (Lipinski definition) is 3. The molecule has 0 fully saturated rings. The van der Waals surface area contributed by atoms with Gasteiger partial charge in [0, 0.05) is 6.42 Å². The highest BCUT2D eigenvalue weighted by molar-refractivity contribution is 5.87. The van der Waals surface area contributed by atoms with Gasteiger partial charge >= 0.3 is 5.97 Å². The number of benzene rings is 1. The van der Waals surface area contributed by atoms with Crippen molar-refractivity contribution in [2.24, 2.45) is 0 Å². The summed E-state index contributed by atoms with van der Waals surface area (Å²) in [6.45, 7) is -0.657. The van der Waals surface area contributed by atoms with Crippen molar-refractivity contribution in [1.29, 1.82) is 0 Å². The number of aliphatic hydroxyl groups is 2. The summed E-state index contributed by atoms with van der Waals surface area (Å²) in [6.07, 6.45) is 0.760. The van der Waals surface area contributed by atoms with Crippen molar-refractivity contribution in [2.45, 2.75) is 12.8 Å². The third-order valence-electron chi connectivity index (χ3n) is 2.26. The molecule has 3 N–H and O–H groups in total. The second-order valence-electron chi connectivity index (χ2n) is 3.37. The quantitative estimate of drug-likeness (QED) is 0.521. The molecular weight excluding hydrogens is 208 g/mol. The normalized spacial score (nSPS) is 12.1. The molecule has 4 heteroatoms. The summed E-state index contributed by atoms with van der Waals surface area (Å²) < 4.78 is 0. The highest BCUT2D eigenvalue weighted by Gasteiger charge is 2.12. The lowest BCUT2D eigenvalue weighted by atomic mass is 10.1. The number of hydrogen-bond acceptors (Lipinski definition) is 3. The molecule has 0 saturated heterocycles. The first-order valence-corrected chi connectivity index (χ1v) is 4.94. The van der Waals surface area contributed by atoms with Crippen LogP contribution < -0.4 is 0 Å². The molecule has 0 unspecified atom stereocenters. The van der Waals surface area contributed by atoms with Gasteiger partial charge in [0.2, 0.25) is 0 Å². The summed E-state index contributed by atoms with van der Waals surface area (Å²) in [5.74, 6) is -1.55. The Balaban J connectivity index is 2.65. The minimum atomic E-state index is -1.28. The van der Waals surface area contributed by atoms with Crippen LogP contribution in [0.1, 0.15) is 12.0 Å². The van der Waals surface area contributed by atoms with E-state index >= 15 is 0 Å². The predicted molar refractivity (Wildman–Crippen MR) is 59.1 cm³/mol. The fraction of sp³-hybridized carbons (Fsp3) is 0.250. The van der Waals surface area contributed by atoms with Crippen LogP contribution in [0.3, 0.4) is 0 Å². The molecule has 0 aliphatic heterocycles. The molecule has 0 saturated carbocycles. The second kappa shape index (κ2) is 5.92. The van der Waals surface area contributed by atoms with E-state index in [-0.39, 0.29) is 17.8 Å². The Morgan fingerprint density at radius 2 is 1.75 bits per heavy atom. The third-order valence-corrected chi connectivity index (χ3v) is 2.26. The van der Waals surface area contributed by atoms with Gasteiger partial charge in [0.15, 0.2) is 0 Å². The average Bonchev–Trinajstić information content (AvgIpc) is 2.28. The Morgan fingerprint density at radius 1 is 1.12 bits per heavy atom. The summed E-state index contributed by atoms with van der Waals surface area (Å²) in [5, 5.41) is 26.9. The lowest BCUT2D eigenvalue weighted by molar-refractivity contribution is -0.133. The van der Waals surface area contributed by atoms with Gasteiger partial charge in [-0.25, -0.2) is 4.79 Å². The van der Waals surface area contributed by atoms with Gasteiger partial charge in [-0.05, 0) is 12.0 Å². The van der Waals surface area contributed by atoms with Crippen LogP contribution >= 0.6 is 0 Å². The van der Waals surface area contributed by atoms with Gasteiger partial charge in [-0.3, -0.25) is 0 Å². The zero-order chi connectivity index (χ0) is 12.0. The molecule has 4 nitrogen and oxygen atoms in total. The molecule has 0 heterocycles. The van der Waals surface area contributed by atoms with Crippen LogP contribution in [-0.2, 0) is 11.2 Å². The van der Waals surface area contributed by atoms with E-state index in [0.29, 0.717) is 6.42 Å². The van der Waals surface area contributed by atoms with Gasteiger partial charge in [0.25, 0.3) is 0 Å². The predicted octanol–water partition coefficient (Wildman–Crippen LogP) is 1.51. The summed E-state index contributed by atoms with van der Waals surface area (Å²) in [7, 11) is 0. The lowest BCUT2D eigenvalue weighted by Crippen LogP contribution is -2.09. The third kappa shape index (κ3) is 3.40. The van der Waals surface area contributed by atoms with E-state index in [1.807, 2.05) is 30.3 Å². The number of aryl methyl sites for hydroxylation is 1. The molecule has 0 radical (unpaired) electrons. The van der Waals surface area contributed by atoms with Crippen molar-refractivity contribution in [2.75, 3.05) is 6.61 Å². The first kappa shape index (κ1) is 12.3. The molecular formula is C12H14O4. The van der Waals surface area contributed by atoms with Crippen LogP contribution in [-0.4, -0.2) is 27.9 Å². The van der Waals surface area contributed by atoms with E-state index in [4.69, 9.17) is 10.2 Å². The zero-order valence-electron chi connectivity index (χ0n) is 8.76. The second-order valence-corrected chi connectivity index (χ2v) is 3.37. The number of carbonyl (C=O) groups is 1. The maximum absolute atomic E-state index is 10.6. The molecule has 0 aliphatic rings. The van der Waals surface area contributed by atoms with Crippen molar-refractivity contribution in [3.63, 3.8) is 0 Å². The van der Waals surface area contributed by atoms with Gasteiger partial charge in [-0.2, -0.15) is 0 Å². The standard InChI is InChI=1S/C12H14O4/c13-8-10(12(15)16)11(14)7-6-9-4-2-1-3-5-9/h1-5,13-14H,6-8H2,(H,15,16). The topological polar surface area (TPSA) is 77.8 Å². The molecule has 0 amide bonds. The molecule has 86 valence electrons. The first-order valence-electron chi connectivity index (χ1n) is 4.94. The Bertz CT molecular complexity index is 381. The van der Waals surface area contributed by atoms with Crippen molar-refractivity contribution in [3.8, 4) is 0 Å². The van der Waals surface area contributed by atoms with Crippen molar-refractivity contribution in [3.05, 3.63) is 47.2 Å². The van der Waals surface area contributed by atoms with Crippen LogP contribution in [0.25, 0.3) is 0 Å². The molecule has 1 aromatic carbocycles. The van der Waals surface area contributed by atoms with Crippen LogP contribution in [0.4, 0.5) is 0 Å². The van der Waals surface area contributed by atoms with Crippen LogP contribution in [0.15, 0.2) is 41.7 Å². The first-order chi connectivity index (χ1) is 7.65. The van der Waals surface area contributed by atoms with Crippen LogP contribution in [0.2, 0.25) is 0 Å². The van der Waals surface area contributed by atoms with E-state index in [2.05, 4.69) is 0 Å². The monoisotopic (exact) mass is 222 g/mol. The van der Waals surface area contributed by atoms with E-state index in [1.54, 1.807) is 0 Å². The maximum Gasteiger partial charge on any atom is 0.337 e. The van der Waals surface area contributed by atoms with Crippen LogP contribution in [0, 0.1) is 0 Å². The summed E-state index contributed by atoms with van der Waals surface area (Å²) in [5.41, 5.74) is 0.674. The van der Waals surface area contributed by atoms with E-state index in [0.717, 1.165) is 5.56 Å². The summed E-state index contributed by atoms with van der Waals surface area (Å²) in [4.78, 5) is 10.6. The fourth-order valence-electron chi connectivity index (χ4n) is 1.34. The highest BCUT2D eigenvalue weighted by Crippen LogP contribution is 2.10. The van der Waals surface area contributed by atoms with Gasteiger partial charge in [-0.15, -0.1) is 0 Å². The molecule has 1 aromatic rings. The number of allylic oxidation sites excluding steroid dienone is 1. The highest BCUT2D eigenvalue weighted by atomic mass is 16.4. The van der Waals surface area contributed by atoms with Crippen molar-refractivity contribution in [1.82, 2.24) is 0 Å². The van der Waals surface area contributed by atoms with Crippen LogP contribution in [0.5, 0.6) is 0 Å². The minimum Gasteiger partial charge on any atom is -0.512 e. The SMILES string of the molecule is O=C(O)C(CO)=C(O)CCc1ccccc1. The summed E-state index contributed by atoms with van der Waals surface area (Å²) in [6, 6.07) is 9.43.